The van der Waals surface area contributed by atoms with Gasteiger partial charge in [0.25, 0.3) is 0 Å². The quantitative estimate of drug-likeness (QED) is 0.710. The number of carbonyl (C=O) groups excluding carboxylic acids is 1. The first-order valence-corrected chi connectivity index (χ1v) is 7.94. The summed E-state index contributed by atoms with van der Waals surface area (Å²) in [7, 11) is 1.77. The monoisotopic (exact) mass is 340 g/mol. The zero-order valence-corrected chi connectivity index (χ0v) is 14.1. The van der Waals surface area contributed by atoms with E-state index in [4.69, 9.17) is 0 Å². The van der Waals surface area contributed by atoms with Crippen LogP contribution in [0.4, 0.5) is 10.7 Å². The lowest BCUT2D eigenvalue weighted by atomic mass is 10.0. The second kappa shape index (κ2) is 7.56. The Morgan fingerprint density at radius 1 is 1.28 bits per heavy atom. The second-order valence-electron chi connectivity index (χ2n) is 5.62. The summed E-state index contributed by atoms with van der Waals surface area (Å²) in [6.07, 6.45) is 3.82. The molecule has 25 heavy (non-hydrogen) atoms. The van der Waals surface area contributed by atoms with Gasteiger partial charge in [0.05, 0.1) is 6.04 Å². The number of hydrogen-bond acceptors (Lipinski definition) is 5. The van der Waals surface area contributed by atoms with Crippen molar-refractivity contribution < 1.29 is 4.79 Å². The van der Waals surface area contributed by atoms with Gasteiger partial charge in [0.1, 0.15) is 18.5 Å². The number of nitrogens with zero attached hydrogens (tertiary/aromatic N) is 6. The number of carbonyl (C=O) groups is 1. The first-order chi connectivity index (χ1) is 12.1. The molecule has 3 rings (SSSR count). The van der Waals surface area contributed by atoms with Crippen LogP contribution in [0.1, 0.15) is 23.9 Å². The lowest BCUT2D eigenvalue weighted by molar-refractivity contribution is 0.247. The SMILES string of the molecule is Cc1nc(NC(=O)N[C@H](CCn2cncn2)c2ccccc2)nn1C. The van der Waals surface area contributed by atoms with Gasteiger partial charge < -0.3 is 5.32 Å². The molecule has 1 aromatic carbocycles. The minimum absolute atomic E-state index is 0.171. The molecular weight excluding hydrogens is 320 g/mol. The zero-order chi connectivity index (χ0) is 17.6. The van der Waals surface area contributed by atoms with Crippen molar-refractivity contribution in [3.63, 3.8) is 0 Å². The van der Waals surface area contributed by atoms with E-state index in [9.17, 15) is 4.79 Å². The number of aryl methyl sites for hydroxylation is 3. The summed E-state index contributed by atoms with van der Waals surface area (Å²) in [5, 5.41) is 13.9. The van der Waals surface area contributed by atoms with Crippen LogP contribution in [0.5, 0.6) is 0 Å². The highest BCUT2D eigenvalue weighted by Crippen LogP contribution is 2.17. The molecule has 2 amide bonds. The molecule has 0 radical (unpaired) electrons. The number of amides is 2. The smallest absolute Gasteiger partial charge is 0.322 e. The fourth-order valence-electron chi connectivity index (χ4n) is 2.43. The molecule has 1 atom stereocenters. The first-order valence-electron chi connectivity index (χ1n) is 7.94. The third-order valence-electron chi connectivity index (χ3n) is 3.83. The number of anilines is 1. The van der Waals surface area contributed by atoms with E-state index in [1.54, 1.807) is 22.7 Å². The Balaban J connectivity index is 1.66. The predicted molar refractivity (Wildman–Crippen MR) is 91.7 cm³/mol. The molecule has 0 aliphatic heterocycles. The van der Waals surface area contributed by atoms with E-state index in [0.29, 0.717) is 13.0 Å². The van der Waals surface area contributed by atoms with E-state index in [2.05, 4.69) is 30.8 Å². The van der Waals surface area contributed by atoms with Gasteiger partial charge in [-0.3, -0.25) is 14.7 Å². The number of hydrogen-bond donors (Lipinski definition) is 2. The van der Waals surface area contributed by atoms with Crippen molar-refractivity contribution in [2.45, 2.75) is 25.9 Å². The number of aromatic nitrogens is 6. The van der Waals surface area contributed by atoms with E-state index in [1.807, 2.05) is 37.3 Å². The van der Waals surface area contributed by atoms with E-state index in [-0.39, 0.29) is 18.0 Å². The van der Waals surface area contributed by atoms with Crippen molar-refractivity contribution in [1.82, 2.24) is 34.8 Å². The Morgan fingerprint density at radius 3 is 2.72 bits per heavy atom. The van der Waals surface area contributed by atoms with Crippen LogP contribution in [0.2, 0.25) is 0 Å². The second-order valence-corrected chi connectivity index (χ2v) is 5.62. The van der Waals surface area contributed by atoms with Gasteiger partial charge in [-0.25, -0.2) is 9.78 Å². The topological polar surface area (TPSA) is 103 Å². The number of urea groups is 1. The molecule has 0 saturated heterocycles. The Bertz CT molecular complexity index is 793. The summed E-state index contributed by atoms with van der Waals surface area (Å²) in [4.78, 5) is 20.4. The highest BCUT2D eigenvalue weighted by molar-refractivity contribution is 5.87. The van der Waals surface area contributed by atoms with Gasteiger partial charge in [-0.15, -0.1) is 5.10 Å². The molecule has 2 aromatic heterocycles. The first kappa shape index (κ1) is 16.6. The summed E-state index contributed by atoms with van der Waals surface area (Å²) >= 11 is 0. The summed E-state index contributed by atoms with van der Waals surface area (Å²) in [5.74, 6) is 1.00. The average Bonchev–Trinajstić information content (AvgIpc) is 3.22. The van der Waals surface area contributed by atoms with Crippen LogP contribution in [-0.4, -0.2) is 35.6 Å². The number of benzene rings is 1. The Kier molecular flexibility index (Phi) is 5.03. The molecule has 9 nitrogen and oxygen atoms in total. The molecule has 0 saturated carbocycles. The zero-order valence-electron chi connectivity index (χ0n) is 14.1. The summed E-state index contributed by atoms with van der Waals surface area (Å²) in [5.41, 5.74) is 1.02. The standard InChI is InChI=1S/C16H20N8O/c1-12-19-15(22-23(12)2)21-16(25)20-14(13-6-4-3-5-7-13)8-9-24-11-17-10-18-24/h3-7,10-11,14H,8-9H2,1-2H3,(H2,20,21,22,25)/t14-/m1/s1. The third kappa shape index (κ3) is 4.40. The minimum Gasteiger partial charge on any atom is -0.331 e. The molecule has 0 unspecified atom stereocenters. The minimum atomic E-state index is -0.349. The normalized spacial score (nSPS) is 11.9. The van der Waals surface area contributed by atoms with Crippen molar-refractivity contribution >= 4 is 12.0 Å². The molecular formula is C16H20N8O. The van der Waals surface area contributed by atoms with Crippen LogP contribution in [0, 0.1) is 6.92 Å². The average molecular weight is 340 g/mol. The van der Waals surface area contributed by atoms with E-state index in [1.165, 1.54) is 6.33 Å². The Morgan fingerprint density at radius 2 is 2.08 bits per heavy atom. The largest absolute Gasteiger partial charge is 0.331 e. The molecule has 0 bridgehead atoms. The molecule has 0 spiro atoms. The van der Waals surface area contributed by atoms with Crippen molar-refractivity contribution in [3.8, 4) is 0 Å². The number of rotatable bonds is 6. The maximum atomic E-state index is 12.3. The van der Waals surface area contributed by atoms with Crippen molar-refractivity contribution in [2.24, 2.45) is 7.05 Å². The maximum absolute atomic E-state index is 12.3. The lowest BCUT2D eigenvalue weighted by Gasteiger charge is -2.19. The van der Waals surface area contributed by atoms with E-state index < -0.39 is 0 Å². The fourth-order valence-corrected chi connectivity index (χ4v) is 2.43. The molecule has 0 fully saturated rings. The predicted octanol–water partition coefficient (Wildman–Crippen LogP) is 1.67. The molecule has 0 aliphatic carbocycles. The van der Waals surface area contributed by atoms with Crippen molar-refractivity contribution in [1.29, 1.82) is 0 Å². The van der Waals surface area contributed by atoms with Gasteiger partial charge in [-0.2, -0.15) is 10.1 Å². The lowest BCUT2D eigenvalue weighted by Crippen LogP contribution is -2.33. The van der Waals surface area contributed by atoms with Gasteiger partial charge in [-0.1, -0.05) is 30.3 Å². The van der Waals surface area contributed by atoms with Crippen LogP contribution in [0.3, 0.4) is 0 Å². The van der Waals surface area contributed by atoms with Gasteiger partial charge in [0.2, 0.25) is 5.95 Å². The maximum Gasteiger partial charge on any atom is 0.322 e. The molecule has 2 heterocycles. The molecule has 0 aliphatic rings. The fraction of sp³-hybridized carbons (Fsp3) is 0.312. The van der Waals surface area contributed by atoms with Crippen molar-refractivity contribution in [2.75, 3.05) is 5.32 Å². The Hall–Kier alpha value is -3.23. The highest BCUT2D eigenvalue weighted by atomic mass is 16.2. The van der Waals surface area contributed by atoms with Crippen LogP contribution >= 0.6 is 0 Å². The third-order valence-corrected chi connectivity index (χ3v) is 3.83. The van der Waals surface area contributed by atoms with Crippen LogP contribution in [0.25, 0.3) is 0 Å². The van der Waals surface area contributed by atoms with Gasteiger partial charge in [-0.05, 0) is 18.9 Å². The van der Waals surface area contributed by atoms with E-state index >= 15 is 0 Å². The molecule has 2 N–H and O–H groups in total. The van der Waals surface area contributed by atoms with Gasteiger partial charge >= 0.3 is 6.03 Å². The summed E-state index contributed by atoms with van der Waals surface area (Å²) in [6.45, 7) is 2.46. The van der Waals surface area contributed by atoms with Gasteiger partial charge in [0, 0.05) is 13.6 Å². The summed E-state index contributed by atoms with van der Waals surface area (Å²) < 4.78 is 3.34. The van der Waals surface area contributed by atoms with Crippen molar-refractivity contribution in [3.05, 3.63) is 54.4 Å². The van der Waals surface area contributed by atoms with Gasteiger partial charge in [0.15, 0.2) is 0 Å². The molecule has 9 heteroatoms. The van der Waals surface area contributed by atoms with Crippen LogP contribution in [-0.2, 0) is 13.6 Å². The molecule has 130 valence electrons. The summed E-state index contributed by atoms with van der Waals surface area (Å²) in [6, 6.07) is 9.28. The van der Waals surface area contributed by atoms with Crippen LogP contribution in [0.15, 0.2) is 43.0 Å². The van der Waals surface area contributed by atoms with E-state index in [0.717, 1.165) is 11.4 Å². The number of nitrogens with one attached hydrogen (secondary N) is 2. The Labute approximate surface area is 145 Å². The van der Waals surface area contributed by atoms with Crippen LogP contribution < -0.4 is 10.6 Å². The molecule has 3 aromatic rings. The highest BCUT2D eigenvalue weighted by Gasteiger charge is 2.16.